The quantitative estimate of drug-likeness (QED) is 0.692. The highest BCUT2D eigenvalue weighted by Gasteiger charge is 2.30. The van der Waals surface area contributed by atoms with Gasteiger partial charge in [-0.3, -0.25) is 4.79 Å². The van der Waals surface area contributed by atoms with Crippen molar-refractivity contribution in [3.8, 4) is 0 Å². The van der Waals surface area contributed by atoms with E-state index in [4.69, 9.17) is 5.11 Å². The van der Waals surface area contributed by atoms with Crippen LogP contribution in [0, 0.1) is 17.8 Å². The number of carbonyl (C=O) groups is 2. The number of carbonyl (C=O) groups excluding carboxylic acids is 1. The van der Waals surface area contributed by atoms with Crippen molar-refractivity contribution in [2.45, 2.75) is 52.5 Å². The van der Waals surface area contributed by atoms with Crippen LogP contribution in [0.5, 0.6) is 0 Å². The molecule has 0 saturated heterocycles. The lowest BCUT2D eigenvalue weighted by Crippen LogP contribution is -2.45. The summed E-state index contributed by atoms with van der Waals surface area (Å²) in [7, 11) is 0. The van der Waals surface area contributed by atoms with Crippen LogP contribution in [-0.4, -0.2) is 29.7 Å². The first-order valence-electron chi connectivity index (χ1n) is 7.20. The van der Waals surface area contributed by atoms with Gasteiger partial charge in [0.2, 0.25) is 0 Å². The molecule has 5 heteroatoms. The molecule has 0 aromatic heterocycles. The summed E-state index contributed by atoms with van der Waals surface area (Å²) in [6.45, 7) is 6.74. The molecule has 1 aliphatic carbocycles. The van der Waals surface area contributed by atoms with Crippen LogP contribution in [0.4, 0.5) is 4.79 Å². The molecule has 0 heterocycles. The molecular formula is C14H26N2O3. The van der Waals surface area contributed by atoms with Crippen LogP contribution in [0.25, 0.3) is 0 Å². The maximum Gasteiger partial charge on any atom is 0.315 e. The van der Waals surface area contributed by atoms with Crippen molar-refractivity contribution >= 4 is 12.0 Å². The van der Waals surface area contributed by atoms with E-state index in [1.54, 1.807) is 0 Å². The minimum Gasteiger partial charge on any atom is -0.481 e. The van der Waals surface area contributed by atoms with Crippen LogP contribution >= 0.6 is 0 Å². The SMILES string of the molecule is CCC(CNC(=O)NC1CCC(C)C1C)CC(=O)O. The molecule has 3 N–H and O–H groups in total. The Hall–Kier alpha value is -1.26. The topological polar surface area (TPSA) is 78.4 Å². The predicted octanol–water partition coefficient (Wildman–Crippen LogP) is 2.22. The Morgan fingerprint density at radius 3 is 2.47 bits per heavy atom. The van der Waals surface area contributed by atoms with Crippen LogP contribution in [0.1, 0.15) is 46.5 Å². The minimum absolute atomic E-state index is 0.00294. The van der Waals surface area contributed by atoms with Crippen molar-refractivity contribution in [1.82, 2.24) is 10.6 Å². The summed E-state index contributed by atoms with van der Waals surface area (Å²) >= 11 is 0. The Bertz CT molecular complexity index is 320. The molecule has 0 radical (unpaired) electrons. The van der Waals surface area contributed by atoms with Gasteiger partial charge in [-0.1, -0.05) is 27.2 Å². The maximum absolute atomic E-state index is 11.8. The monoisotopic (exact) mass is 270 g/mol. The number of nitrogens with one attached hydrogen (secondary N) is 2. The number of hydrogen-bond donors (Lipinski definition) is 3. The van der Waals surface area contributed by atoms with Crippen LogP contribution < -0.4 is 10.6 Å². The molecule has 0 aromatic rings. The average molecular weight is 270 g/mol. The lowest BCUT2D eigenvalue weighted by atomic mass is 9.98. The van der Waals surface area contributed by atoms with Crippen molar-refractivity contribution in [3.63, 3.8) is 0 Å². The Labute approximate surface area is 115 Å². The molecule has 1 aliphatic rings. The summed E-state index contributed by atoms with van der Waals surface area (Å²) in [6.07, 6.45) is 3.04. The number of carboxylic acids is 1. The largest absolute Gasteiger partial charge is 0.481 e. The van der Waals surface area contributed by atoms with Gasteiger partial charge in [-0.2, -0.15) is 0 Å². The maximum atomic E-state index is 11.8. The molecule has 110 valence electrons. The van der Waals surface area contributed by atoms with Crippen LogP contribution in [-0.2, 0) is 4.79 Å². The number of carboxylic acid groups (broad SMARTS) is 1. The summed E-state index contributed by atoms with van der Waals surface area (Å²) in [5.41, 5.74) is 0. The van der Waals surface area contributed by atoms with Gasteiger partial charge in [0.15, 0.2) is 0 Å². The second-order valence-corrected chi connectivity index (χ2v) is 5.75. The lowest BCUT2D eigenvalue weighted by Gasteiger charge is -2.21. The highest BCUT2D eigenvalue weighted by atomic mass is 16.4. The highest BCUT2D eigenvalue weighted by Crippen LogP contribution is 2.30. The molecule has 5 nitrogen and oxygen atoms in total. The van der Waals surface area contributed by atoms with Gasteiger partial charge in [-0.05, 0) is 30.6 Å². The zero-order valence-corrected chi connectivity index (χ0v) is 12.1. The van der Waals surface area contributed by atoms with Gasteiger partial charge >= 0.3 is 12.0 Å². The molecular weight excluding hydrogens is 244 g/mol. The number of urea groups is 1. The van der Waals surface area contributed by atoms with E-state index in [2.05, 4.69) is 24.5 Å². The van der Waals surface area contributed by atoms with Crippen molar-refractivity contribution in [2.24, 2.45) is 17.8 Å². The Morgan fingerprint density at radius 1 is 1.32 bits per heavy atom. The first-order valence-corrected chi connectivity index (χ1v) is 7.20. The third-order valence-corrected chi connectivity index (χ3v) is 4.37. The third-order valence-electron chi connectivity index (χ3n) is 4.37. The fourth-order valence-corrected chi connectivity index (χ4v) is 2.63. The smallest absolute Gasteiger partial charge is 0.315 e. The molecule has 1 saturated carbocycles. The van der Waals surface area contributed by atoms with Gasteiger partial charge in [0.25, 0.3) is 0 Å². The summed E-state index contributed by atoms with van der Waals surface area (Å²) < 4.78 is 0. The fourth-order valence-electron chi connectivity index (χ4n) is 2.63. The van der Waals surface area contributed by atoms with E-state index >= 15 is 0 Å². The van der Waals surface area contributed by atoms with Gasteiger partial charge in [-0.25, -0.2) is 4.79 Å². The van der Waals surface area contributed by atoms with Crippen LogP contribution in [0.2, 0.25) is 0 Å². The third kappa shape index (κ3) is 5.09. The first kappa shape index (κ1) is 15.8. The van der Waals surface area contributed by atoms with Gasteiger partial charge in [0.05, 0.1) is 0 Å². The van der Waals surface area contributed by atoms with Gasteiger partial charge < -0.3 is 15.7 Å². The van der Waals surface area contributed by atoms with Gasteiger partial charge in [0.1, 0.15) is 0 Å². The van der Waals surface area contributed by atoms with E-state index in [1.165, 1.54) is 0 Å². The van der Waals surface area contributed by atoms with E-state index in [0.717, 1.165) is 19.3 Å². The average Bonchev–Trinajstić information content (AvgIpc) is 2.66. The Morgan fingerprint density at radius 2 is 2.00 bits per heavy atom. The van der Waals surface area contributed by atoms with E-state index in [1.807, 2.05) is 6.92 Å². The number of rotatable bonds is 6. The van der Waals surface area contributed by atoms with E-state index < -0.39 is 5.97 Å². The Kier molecular flexibility index (Phi) is 6.12. The van der Waals surface area contributed by atoms with Gasteiger partial charge in [0, 0.05) is 19.0 Å². The van der Waals surface area contributed by atoms with Crippen molar-refractivity contribution in [3.05, 3.63) is 0 Å². The second-order valence-electron chi connectivity index (χ2n) is 5.75. The van der Waals surface area contributed by atoms with E-state index in [9.17, 15) is 9.59 Å². The normalized spacial score (nSPS) is 27.8. The lowest BCUT2D eigenvalue weighted by molar-refractivity contribution is -0.138. The highest BCUT2D eigenvalue weighted by molar-refractivity contribution is 5.74. The summed E-state index contributed by atoms with van der Waals surface area (Å²) in [5.74, 6) is 0.350. The molecule has 4 atom stereocenters. The molecule has 1 fully saturated rings. The Balaban J connectivity index is 2.29. The van der Waals surface area contributed by atoms with Crippen molar-refractivity contribution in [1.29, 1.82) is 0 Å². The molecule has 1 rings (SSSR count). The number of amides is 2. The molecule has 4 unspecified atom stereocenters. The standard InChI is InChI=1S/C14H26N2O3/c1-4-11(7-13(17)18)8-15-14(19)16-12-6-5-9(2)10(12)3/h9-12H,4-8H2,1-3H3,(H,17,18)(H2,15,16,19). The predicted molar refractivity (Wildman–Crippen MR) is 73.9 cm³/mol. The number of aliphatic carboxylic acids is 1. The fraction of sp³-hybridized carbons (Fsp3) is 0.857. The van der Waals surface area contributed by atoms with E-state index in [0.29, 0.717) is 18.4 Å². The minimum atomic E-state index is -0.813. The number of hydrogen-bond acceptors (Lipinski definition) is 2. The first-order chi connectivity index (χ1) is 8.93. The molecule has 0 bridgehead atoms. The second kappa shape index (κ2) is 7.36. The molecule has 2 amide bonds. The molecule has 19 heavy (non-hydrogen) atoms. The van der Waals surface area contributed by atoms with Crippen molar-refractivity contribution in [2.75, 3.05) is 6.54 Å². The van der Waals surface area contributed by atoms with Crippen LogP contribution in [0.3, 0.4) is 0 Å². The molecule has 0 spiro atoms. The summed E-state index contributed by atoms with van der Waals surface area (Å²) in [4.78, 5) is 22.4. The molecule has 0 aliphatic heterocycles. The van der Waals surface area contributed by atoms with Crippen LogP contribution in [0.15, 0.2) is 0 Å². The van der Waals surface area contributed by atoms with Gasteiger partial charge in [-0.15, -0.1) is 0 Å². The zero-order valence-electron chi connectivity index (χ0n) is 12.1. The summed E-state index contributed by atoms with van der Waals surface area (Å²) in [5, 5.41) is 14.5. The van der Waals surface area contributed by atoms with E-state index in [-0.39, 0.29) is 24.4 Å². The van der Waals surface area contributed by atoms with Crippen molar-refractivity contribution < 1.29 is 14.7 Å². The molecule has 0 aromatic carbocycles. The summed E-state index contributed by atoms with van der Waals surface area (Å²) in [6, 6.07) is 0.0735. The zero-order chi connectivity index (χ0) is 14.4.